The molecule has 0 aromatic rings. The SMILES string of the molecule is CCCN1CCOCC1.CCCN1CCOCC1. The van der Waals surface area contributed by atoms with Crippen molar-refractivity contribution in [3.05, 3.63) is 0 Å². The summed E-state index contributed by atoms with van der Waals surface area (Å²) in [5.41, 5.74) is 0. The molecule has 0 N–H and O–H groups in total. The number of rotatable bonds is 4. The molecule has 0 radical (unpaired) electrons. The zero-order chi connectivity index (χ0) is 13.1. The van der Waals surface area contributed by atoms with Crippen molar-refractivity contribution < 1.29 is 9.47 Å². The van der Waals surface area contributed by atoms with Crippen LogP contribution in [-0.4, -0.2) is 75.5 Å². The molecule has 108 valence electrons. The van der Waals surface area contributed by atoms with Crippen LogP contribution in [0.15, 0.2) is 0 Å². The third-order valence-corrected chi connectivity index (χ3v) is 3.29. The van der Waals surface area contributed by atoms with Crippen molar-refractivity contribution in [1.82, 2.24) is 9.80 Å². The molecule has 0 aliphatic carbocycles. The molecule has 18 heavy (non-hydrogen) atoms. The van der Waals surface area contributed by atoms with Crippen molar-refractivity contribution in [2.45, 2.75) is 26.7 Å². The summed E-state index contributed by atoms with van der Waals surface area (Å²) in [6, 6.07) is 0. The monoisotopic (exact) mass is 258 g/mol. The van der Waals surface area contributed by atoms with Gasteiger partial charge in [-0.1, -0.05) is 13.8 Å². The van der Waals surface area contributed by atoms with Crippen molar-refractivity contribution in [2.24, 2.45) is 0 Å². The Balaban J connectivity index is 0.000000180. The van der Waals surface area contributed by atoms with Crippen LogP contribution in [0, 0.1) is 0 Å². The van der Waals surface area contributed by atoms with Gasteiger partial charge in [0.15, 0.2) is 0 Å². The van der Waals surface area contributed by atoms with Crippen molar-refractivity contribution in [3.63, 3.8) is 0 Å². The number of morpholine rings is 2. The molecule has 2 aliphatic rings. The molecule has 2 heterocycles. The Kier molecular flexibility index (Phi) is 9.48. The minimum atomic E-state index is 0.931. The summed E-state index contributed by atoms with van der Waals surface area (Å²) in [6.45, 7) is 15.2. The first kappa shape index (κ1) is 15.9. The van der Waals surface area contributed by atoms with Crippen molar-refractivity contribution in [3.8, 4) is 0 Å². The van der Waals surface area contributed by atoms with E-state index in [1.807, 2.05) is 0 Å². The molecule has 0 amide bonds. The molecular weight excluding hydrogens is 228 g/mol. The van der Waals surface area contributed by atoms with Gasteiger partial charge < -0.3 is 9.47 Å². The summed E-state index contributed by atoms with van der Waals surface area (Å²) in [5.74, 6) is 0. The van der Waals surface area contributed by atoms with Crippen LogP contribution in [-0.2, 0) is 9.47 Å². The lowest BCUT2D eigenvalue weighted by Gasteiger charge is -2.25. The summed E-state index contributed by atoms with van der Waals surface area (Å²) >= 11 is 0. The summed E-state index contributed by atoms with van der Waals surface area (Å²) in [4.78, 5) is 4.90. The highest BCUT2D eigenvalue weighted by Gasteiger charge is 2.08. The first-order chi connectivity index (χ1) is 8.86. The lowest BCUT2D eigenvalue weighted by molar-refractivity contribution is 0.0379. The molecular formula is C14H30N2O2. The lowest BCUT2D eigenvalue weighted by atomic mass is 10.4. The van der Waals surface area contributed by atoms with Crippen LogP contribution in [0.4, 0.5) is 0 Å². The maximum atomic E-state index is 5.20. The third-order valence-electron chi connectivity index (χ3n) is 3.29. The Morgan fingerprint density at radius 1 is 0.667 bits per heavy atom. The van der Waals surface area contributed by atoms with Gasteiger partial charge in [0.05, 0.1) is 26.4 Å². The fourth-order valence-corrected chi connectivity index (χ4v) is 2.28. The maximum absolute atomic E-state index is 5.20. The fraction of sp³-hybridized carbons (Fsp3) is 1.00. The lowest BCUT2D eigenvalue weighted by Crippen LogP contribution is -2.36. The van der Waals surface area contributed by atoms with E-state index in [2.05, 4.69) is 23.6 Å². The zero-order valence-corrected chi connectivity index (χ0v) is 12.2. The highest BCUT2D eigenvalue weighted by atomic mass is 16.5. The number of ether oxygens (including phenoxy) is 2. The topological polar surface area (TPSA) is 24.9 Å². The van der Waals surface area contributed by atoms with Crippen LogP contribution in [0.25, 0.3) is 0 Å². The average Bonchev–Trinajstić information content (AvgIpc) is 2.43. The van der Waals surface area contributed by atoms with Gasteiger partial charge in [-0.15, -0.1) is 0 Å². The molecule has 0 spiro atoms. The zero-order valence-electron chi connectivity index (χ0n) is 12.2. The van der Waals surface area contributed by atoms with Crippen LogP contribution in [0.5, 0.6) is 0 Å². The number of nitrogens with zero attached hydrogens (tertiary/aromatic N) is 2. The predicted molar refractivity (Wildman–Crippen MR) is 75.1 cm³/mol. The smallest absolute Gasteiger partial charge is 0.0594 e. The Morgan fingerprint density at radius 3 is 1.28 bits per heavy atom. The molecule has 0 saturated carbocycles. The first-order valence-corrected chi connectivity index (χ1v) is 7.47. The van der Waals surface area contributed by atoms with Gasteiger partial charge in [0.1, 0.15) is 0 Å². The normalized spacial score (nSPS) is 22.3. The minimum absolute atomic E-state index is 0.931. The van der Waals surface area contributed by atoms with E-state index in [1.165, 1.54) is 25.9 Å². The van der Waals surface area contributed by atoms with Gasteiger partial charge in [0, 0.05) is 26.2 Å². The second-order valence-electron chi connectivity index (χ2n) is 4.91. The molecule has 0 bridgehead atoms. The van der Waals surface area contributed by atoms with Crippen molar-refractivity contribution >= 4 is 0 Å². The van der Waals surface area contributed by atoms with E-state index < -0.39 is 0 Å². The van der Waals surface area contributed by atoms with Crippen LogP contribution in [0.3, 0.4) is 0 Å². The Bertz CT molecular complexity index is 153. The van der Waals surface area contributed by atoms with E-state index in [9.17, 15) is 0 Å². The second-order valence-corrected chi connectivity index (χ2v) is 4.91. The molecule has 2 aliphatic heterocycles. The van der Waals surface area contributed by atoms with E-state index in [1.54, 1.807) is 0 Å². The fourth-order valence-electron chi connectivity index (χ4n) is 2.28. The Hall–Kier alpha value is -0.160. The summed E-state index contributed by atoms with van der Waals surface area (Å²) in [6.07, 6.45) is 2.53. The van der Waals surface area contributed by atoms with Gasteiger partial charge in [-0.05, 0) is 25.9 Å². The highest BCUT2D eigenvalue weighted by Crippen LogP contribution is 1.97. The minimum Gasteiger partial charge on any atom is -0.379 e. The van der Waals surface area contributed by atoms with Crippen molar-refractivity contribution in [1.29, 1.82) is 0 Å². The number of hydrogen-bond acceptors (Lipinski definition) is 4. The summed E-state index contributed by atoms with van der Waals surface area (Å²) in [5, 5.41) is 0. The highest BCUT2D eigenvalue weighted by molar-refractivity contribution is 4.60. The largest absolute Gasteiger partial charge is 0.379 e. The van der Waals surface area contributed by atoms with E-state index in [-0.39, 0.29) is 0 Å². The molecule has 2 fully saturated rings. The van der Waals surface area contributed by atoms with Gasteiger partial charge in [0.2, 0.25) is 0 Å². The van der Waals surface area contributed by atoms with Crippen LogP contribution >= 0.6 is 0 Å². The molecule has 4 heteroatoms. The maximum Gasteiger partial charge on any atom is 0.0594 e. The van der Waals surface area contributed by atoms with Crippen LogP contribution in [0.2, 0.25) is 0 Å². The molecule has 2 rings (SSSR count). The number of hydrogen-bond donors (Lipinski definition) is 0. The first-order valence-electron chi connectivity index (χ1n) is 7.47. The molecule has 0 aromatic heterocycles. The quantitative estimate of drug-likeness (QED) is 0.762. The molecule has 0 aromatic carbocycles. The third kappa shape index (κ3) is 7.31. The Labute approximate surface area is 112 Å². The Morgan fingerprint density at radius 2 is 1.00 bits per heavy atom. The van der Waals surface area contributed by atoms with Gasteiger partial charge >= 0.3 is 0 Å². The van der Waals surface area contributed by atoms with Crippen molar-refractivity contribution in [2.75, 3.05) is 65.7 Å². The van der Waals surface area contributed by atoms with Gasteiger partial charge in [-0.25, -0.2) is 0 Å². The molecule has 4 nitrogen and oxygen atoms in total. The molecule has 0 unspecified atom stereocenters. The summed E-state index contributed by atoms with van der Waals surface area (Å²) < 4.78 is 10.4. The van der Waals surface area contributed by atoms with E-state index in [0.717, 1.165) is 52.6 Å². The standard InChI is InChI=1S/2C7H15NO/c2*1-2-3-8-4-6-9-7-5-8/h2*2-7H2,1H3. The van der Waals surface area contributed by atoms with Gasteiger partial charge in [-0.3, -0.25) is 9.80 Å². The second kappa shape index (κ2) is 10.7. The predicted octanol–water partition coefficient (Wildman–Crippen LogP) is 1.46. The van der Waals surface area contributed by atoms with E-state index in [0.29, 0.717) is 0 Å². The average molecular weight is 258 g/mol. The van der Waals surface area contributed by atoms with Gasteiger partial charge in [0.25, 0.3) is 0 Å². The summed E-state index contributed by atoms with van der Waals surface area (Å²) in [7, 11) is 0. The van der Waals surface area contributed by atoms with E-state index in [4.69, 9.17) is 9.47 Å². The van der Waals surface area contributed by atoms with Crippen LogP contribution in [0.1, 0.15) is 26.7 Å². The molecule has 0 atom stereocenters. The van der Waals surface area contributed by atoms with Crippen LogP contribution < -0.4 is 0 Å². The van der Waals surface area contributed by atoms with E-state index >= 15 is 0 Å². The molecule has 2 saturated heterocycles. The van der Waals surface area contributed by atoms with Gasteiger partial charge in [-0.2, -0.15) is 0 Å².